The highest BCUT2D eigenvalue weighted by atomic mass is 32.1. The van der Waals surface area contributed by atoms with Gasteiger partial charge in [-0.15, -0.1) is 10.2 Å². The van der Waals surface area contributed by atoms with Crippen LogP contribution >= 0.6 is 11.3 Å². The van der Waals surface area contributed by atoms with Gasteiger partial charge in [-0.3, -0.25) is 0 Å². The molecular weight excluding hydrogens is 300 g/mol. The van der Waals surface area contributed by atoms with E-state index in [2.05, 4.69) is 72.6 Å². The largest absolute Gasteiger partial charge is 0.148 e. The van der Waals surface area contributed by atoms with E-state index in [1.54, 1.807) is 11.3 Å². The zero-order valence-corrected chi connectivity index (χ0v) is 14.6. The van der Waals surface area contributed by atoms with Gasteiger partial charge in [0, 0.05) is 11.1 Å². The van der Waals surface area contributed by atoms with Gasteiger partial charge in [-0.25, -0.2) is 0 Å². The van der Waals surface area contributed by atoms with E-state index in [9.17, 15) is 0 Å². The van der Waals surface area contributed by atoms with E-state index in [1.165, 1.54) is 24.0 Å². The molecule has 2 nitrogen and oxygen atoms in total. The Balaban J connectivity index is 1.79. The molecule has 0 radical (unpaired) electrons. The Morgan fingerprint density at radius 2 is 1.04 bits per heavy atom. The molecule has 0 unspecified atom stereocenters. The lowest BCUT2D eigenvalue weighted by molar-refractivity contribution is 0.922. The number of benzene rings is 2. The Labute approximate surface area is 142 Å². The van der Waals surface area contributed by atoms with Crippen LogP contribution in [0.1, 0.15) is 37.8 Å². The SMILES string of the molecule is CCCc1ccc(-c2nnc(-c3ccc(CCC)cc3)s2)cc1. The van der Waals surface area contributed by atoms with Crippen LogP contribution in [-0.2, 0) is 12.8 Å². The first-order valence-electron chi connectivity index (χ1n) is 8.32. The third kappa shape index (κ3) is 3.85. The summed E-state index contributed by atoms with van der Waals surface area (Å²) in [4.78, 5) is 0. The summed E-state index contributed by atoms with van der Waals surface area (Å²) in [5, 5.41) is 10.7. The van der Waals surface area contributed by atoms with Crippen molar-refractivity contribution in [2.45, 2.75) is 39.5 Å². The van der Waals surface area contributed by atoms with Crippen LogP contribution in [0.5, 0.6) is 0 Å². The fraction of sp³-hybridized carbons (Fsp3) is 0.300. The zero-order chi connectivity index (χ0) is 16.1. The van der Waals surface area contributed by atoms with Gasteiger partial charge in [0.2, 0.25) is 0 Å². The Kier molecular flexibility index (Phi) is 5.19. The first-order valence-corrected chi connectivity index (χ1v) is 9.14. The van der Waals surface area contributed by atoms with Crippen molar-refractivity contribution in [1.29, 1.82) is 0 Å². The van der Waals surface area contributed by atoms with Crippen LogP contribution < -0.4 is 0 Å². The van der Waals surface area contributed by atoms with Gasteiger partial charge in [-0.2, -0.15) is 0 Å². The van der Waals surface area contributed by atoms with Crippen LogP contribution in [0.3, 0.4) is 0 Å². The van der Waals surface area contributed by atoms with E-state index in [0.717, 1.165) is 34.0 Å². The average molecular weight is 322 g/mol. The number of hydrogen-bond donors (Lipinski definition) is 0. The monoisotopic (exact) mass is 322 g/mol. The molecule has 0 fully saturated rings. The summed E-state index contributed by atoms with van der Waals surface area (Å²) in [5.41, 5.74) is 5.06. The molecule has 0 atom stereocenters. The highest BCUT2D eigenvalue weighted by Gasteiger charge is 2.08. The molecule has 118 valence electrons. The standard InChI is InChI=1S/C20H22N2S/c1-3-5-15-7-11-17(12-8-15)19-21-22-20(23-19)18-13-9-16(6-4-2)10-14-18/h7-14H,3-6H2,1-2H3. The summed E-state index contributed by atoms with van der Waals surface area (Å²) in [6.45, 7) is 4.41. The van der Waals surface area contributed by atoms with Gasteiger partial charge in [0.25, 0.3) is 0 Å². The predicted octanol–water partition coefficient (Wildman–Crippen LogP) is 5.78. The van der Waals surface area contributed by atoms with Gasteiger partial charge >= 0.3 is 0 Å². The van der Waals surface area contributed by atoms with Crippen LogP contribution in [0.15, 0.2) is 48.5 Å². The number of aryl methyl sites for hydroxylation is 2. The number of nitrogens with zero attached hydrogens (tertiary/aromatic N) is 2. The van der Waals surface area contributed by atoms with E-state index in [4.69, 9.17) is 0 Å². The van der Waals surface area contributed by atoms with Gasteiger partial charge in [-0.05, 0) is 24.0 Å². The Bertz CT molecular complexity index is 678. The van der Waals surface area contributed by atoms with Crippen LogP contribution in [0.4, 0.5) is 0 Å². The highest BCUT2D eigenvalue weighted by molar-refractivity contribution is 7.17. The molecule has 0 N–H and O–H groups in total. The van der Waals surface area contributed by atoms with Gasteiger partial charge in [0.15, 0.2) is 0 Å². The Morgan fingerprint density at radius 1 is 0.652 bits per heavy atom. The van der Waals surface area contributed by atoms with Crippen LogP contribution in [0.2, 0.25) is 0 Å². The number of rotatable bonds is 6. The second-order valence-corrected chi connectivity index (χ2v) is 6.78. The fourth-order valence-corrected chi connectivity index (χ4v) is 3.52. The van der Waals surface area contributed by atoms with Gasteiger partial charge < -0.3 is 0 Å². The Morgan fingerprint density at radius 3 is 1.39 bits per heavy atom. The van der Waals surface area contributed by atoms with E-state index < -0.39 is 0 Å². The van der Waals surface area contributed by atoms with Crippen molar-refractivity contribution in [1.82, 2.24) is 10.2 Å². The lowest BCUT2D eigenvalue weighted by Crippen LogP contribution is -1.83. The van der Waals surface area contributed by atoms with Crippen molar-refractivity contribution in [3.05, 3.63) is 59.7 Å². The molecule has 1 aromatic heterocycles. The van der Waals surface area contributed by atoms with Gasteiger partial charge in [-0.1, -0.05) is 86.6 Å². The van der Waals surface area contributed by atoms with Crippen molar-refractivity contribution >= 4 is 11.3 Å². The zero-order valence-electron chi connectivity index (χ0n) is 13.7. The quantitative estimate of drug-likeness (QED) is 0.575. The number of hydrogen-bond acceptors (Lipinski definition) is 3. The highest BCUT2D eigenvalue weighted by Crippen LogP contribution is 2.30. The van der Waals surface area contributed by atoms with Crippen LogP contribution in [-0.4, -0.2) is 10.2 Å². The maximum absolute atomic E-state index is 4.37. The first kappa shape index (κ1) is 15.9. The molecule has 0 aliphatic rings. The maximum atomic E-state index is 4.37. The summed E-state index contributed by atoms with van der Waals surface area (Å²) >= 11 is 1.66. The fourth-order valence-electron chi connectivity index (χ4n) is 2.66. The molecule has 0 bridgehead atoms. The topological polar surface area (TPSA) is 25.8 Å². The molecule has 1 heterocycles. The van der Waals surface area contributed by atoms with Crippen LogP contribution in [0.25, 0.3) is 21.1 Å². The molecule has 3 aromatic rings. The summed E-state index contributed by atoms with van der Waals surface area (Å²) in [6, 6.07) is 17.4. The Hall–Kier alpha value is -2.00. The lowest BCUT2D eigenvalue weighted by atomic mass is 10.1. The van der Waals surface area contributed by atoms with Crippen molar-refractivity contribution in [2.75, 3.05) is 0 Å². The van der Waals surface area contributed by atoms with Crippen LogP contribution in [0, 0.1) is 0 Å². The summed E-state index contributed by atoms with van der Waals surface area (Å²) in [6.07, 6.45) is 4.62. The normalized spacial score (nSPS) is 10.9. The maximum Gasteiger partial charge on any atom is 0.148 e. The summed E-state index contributed by atoms with van der Waals surface area (Å²) in [7, 11) is 0. The minimum atomic E-state index is 0.987. The number of aromatic nitrogens is 2. The van der Waals surface area contributed by atoms with E-state index in [1.807, 2.05) is 0 Å². The minimum absolute atomic E-state index is 0.987. The molecule has 0 aliphatic heterocycles. The molecular formula is C20H22N2S. The second kappa shape index (κ2) is 7.51. The van der Waals surface area contributed by atoms with E-state index >= 15 is 0 Å². The van der Waals surface area contributed by atoms with Crippen molar-refractivity contribution in [3.63, 3.8) is 0 Å². The molecule has 0 amide bonds. The van der Waals surface area contributed by atoms with Gasteiger partial charge in [0.05, 0.1) is 0 Å². The van der Waals surface area contributed by atoms with Crippen molar-refractivity contribution in [2.24, 2.45) is 0 Å². The summed E-state index contributed by atoms with van der Waals surface area (Å²) in [5.74, 6) is 0. The molecule has 2 aromatic carbocycles. The average Bonchev–Trinajstić information content (AvgIpc) is 3.07. The first-order chi connectivity index (χ1) is 11.3. The predicted molar refractivity (Wildman–Crippen MR) is 98.8 cm³/mol. The smallest absolute Gasteiger partial charge is 0.138 e. The minimum Gasteiger partial charge on any atom is -0.138 e. The molecule has 3 rings (SSSR count). The molecule has 0 spiro atoms. The third-order valence-corrected chi connectivity index (χ3v) is 4.93. The third-order valence-electron chi connectivity index (χ3n) is 3.90. The second-order valence-electron chi connectivity index (χ2n) is 5.81. The molecule has 3 heteroatoms. The van der Waals surface area contributed by atoms with Gasteiger partial charge in [0.1, 0.15) is 10.0 Å². The van der Waals surface area contributed by atoms with E-state index in [-0.39, 0.29) is 0 Å². The lowest BCUT2D eigenvalue weighted by Gasteiger charge is -2.00. The summed E-state index contributed by atoms with van der Waals surface area (Å²) < 4.78 is 0. The van der Waals surface area contributed by atoms with Crippen molar-refractivity contribution in [3.8, 4) is 21.1 Å². The molecule has 0 saturated carbocycles. The molecule has 23 heavy (non-hydrogen) atoms. The van der Waals surface area contributed by atoms with Crippen molar-refractivity contribution < 1.29 is 0 Å². The molecule has 0 aliphatic carbocycles. The van der Waals surface area contributed by atoms with E-state index in [0.29, 0.717) is 0 Å². The molecule has 0 saturated heterocycles.